The molecule has 1 aliphatic carbocycles. The third-order valence-electron chi connectivity index (χ3n) is 3.13. The van der Waals surface area contributed by atoms with E-state index in [-0.39, 0.29) is 0 Å². The van der Waals surface area contributed by atoms with Crippen LogP contribution in [-0.4, -0.2) is 15.1 Å². The van der Waals surface area contributed by atoms with Crippen LogP contribution in [0.5, 0.6) is 0 Å². The van der Waals surface area contributed by atoms with E-state index in [1.54, 1.807) is 12.3 Å². The van der Waals surface area contributed by atoms with Crippen molar-refractivity contribution in [3.05, 3.63) is 24.3 Å². The zero-order valence-corrected chi connectivity index (χ0v) is 8.43. The SMILES string of the molecule is N#CC1(C(O)c2ccncn2)CCCC1. The highest BCUT2D eigenvalue weighted by atomic mass is 16.3. The molecule has 1 saturated carbocycles. The average molecular weight is 203 g/mol. The summed E-state index contributed by atoms with van der Waals surface area (Å²) in [6, 6.07) is 3.93. The van der Waals surface area contributed by atoms with Crippen molar-refractivity contribution in [1.29, 1.82) is 5.26 Å². The van der Waals surface area contributed by atoms with Crippen LogP contribution < -0.4 is 0 Å². The van der Waals surface area contributed by atoms with Gasteiger partial charge in [-0.05, 0) is 18.9 Å². The van der Waals surface area contributed by atoms with Crippen LogP contribution in [0.4, 0.5) is 0 Å². The van der Waals surface area contributed by atoms with Crippen LogP contribution in [0, 0.1) is 16.7 Å². The number of aromatic nitrogens is 2. The molecule has 0 aliphatic heterocycles. The van der Waals surface area contributed by atoms with E-state index in [1.165, 1.54) is 6.33 Å². The fraction of sp³-hybridized carbons (Fsp3) is 0.545. The van der Waals surface area contributed by atoms with E-state index in [4.69, 9.17) is 0 Å². The standard InChI is InChI=1S/C11H13N3O/c12-7-11(4-1-2-5-11)10(15)9-3-6-13-8-14-9/h3,6,8,10,15H,1-2,4-5H2. The molecule has 2 rings (SSSR count). The molecule has 0 radical (unpaired) electrons. The highest BCUT2D eigenvalue weighted by Crippen LogP contribution is 2.46. The van der Waals surface area contributed by atoms with E-state index >= 15 is 0 Å². The summed E-state index contributed by atoms with van der Waals surface area (Å²) >= 11 is 0. The molecular weight excluding hydrogens is 190 g/mol. The fourth-order valence-electron chi connectivity index (χ4n) is 2.20. The molecule has 1 atom stereocenters. The van der Waals surface area contributed by atoms with E-state index in [0.717, 1.165) is 25.7 Å². The molecule has 1 N–H and O–H groups in total. The van der Waals surface area contributed by atoms with Gasteiger partial charge in [0, 0.05) is 6.20 Å². The van der Waals surface area contributed by atoms with Crippen LogP contribution in [0.25, 0.3) is 0 Å². The molecule has 4 nitrogen and oxygen atoms in total. The Morgan fingerprint density at radius 1 is 1.47 bits per heavy atom. The normalized spacial score (nSPS) is 20.8. The lowest BCUT2D eigenvalue weighted by molar-refractivity contribution is 0.0632. The van der Waals surface area contributed by atoms with Crippen LogP contribution in [-0.2, 0) is 0 Å². The number of hydrogen-bond donors (Lipinski definition) is 1. The second-order valence-electron chi connectivity index (χ2n) is 4.01. The maximum Gasteiger partial charge on any atom is 0.115 e. The molecule has 1 unspecified atom stereocenters. The van der Waals surface area contributed by atoms with E-state index in [0.29, 0.717) is 5.69 Å². The van der Waals surface area contributed by atoms with Crippen LogP contribution in [0.2, 0.25) is 0 Å². The number of aliphatic hydroxyl groups excluding tert-OH is 1. The summed E-state index contributed by atoms with van der Waals surface area (Å²) in [6.07, 6.45) is 5.74. The van der Waals surface area contributed by atoms with Gasteiger partial charge in [0.2, 0.25) is 0 Å². The molecule has 0 amide bonds. The quantitative estimate of drug-likeness (QED) is 0.792. The smallest absolute Gasteiger partial charge is 0.115 e. The van der Waals surface area contributed by atoms with E-state index < -0.39 is 11.5 Å². The molecule has 1 fully saturated rings. The van der Waals surface area contributed by atoms with Gasteiger partial charge in [-0.15, -0.1) is 0 Å². The van der Waals surface area contributed by atoms with Gasteiger partial charge < -0.3 is 5.11 Å². The predicted octanol–water partition coefficient (Wildman–Crippen LogP) is 1.59. The molecule has 1 aromatic rings. The Morgan fingerprint density at radius 3 is 2.73 bits per heavy atom. The first-order chi connectivity index (χ1) is 7.28. The van der Waals surface area contributed by atoms with Crippen molar-refractivity contribution in [2.45, 2.75) is 31.8 Å². The minimum Gasteiger partial charge on any atom is -0.385 e. The van der Waals surface area contributed by atoms with Gasteiger partial charge in [0.05, 0.1) is 17.2 Å². The zero-order chi connectivity index (χ0) is 10.7. The molecule has 15 heavy (non-hydrogen) atoms. The van der Waals surface area contributed by atoms with Gasteiger partial charge in [0.1, 0.15) is 12.4 Å². The molecular formula is C11H13N3O. The molecule has 0 spiro atoms. The lowest BCUT2D eigenvalue weighted by Crippen LogP contribution is -2.24. The molecule has 0 saturated heterocycles. The summed E-state index contributed by atoms with van der Waals surface area (Å²) < 4.78 is 0. The third kappa shape index (κ3) is 1.71. The van der Waals surface area contributed by atoms with Gasteiger partial charge in [0.15, 0.2) is 0 Å². The summed E-state index contributed by atoms with van der Waals surface area (Å²) in [5, 5.41) is 19.4. The van der Waals surface area contributed by atoms with Gasteiger partial charge in [-0.3, -0.25) is 0 Å². The maximum absolute atomic E-state index is 10.2. The molecule has 1 aliphatic rings. The lowest BCUT2D eigenvalue weighted by Gasteiger charge is -2.25. The summed E-state index contributed by atoms with van der Waals surface area (Å²) in [7, 11) is 0. The van der Waals surface area contributed by atoms with Crippen LogP contribution >= 0.6 is 0 Å². The first-order valence-corrected chi connectivity index (χ1v) is 5.14. The Morgan fingerprint density at radius 2 is 2.20 bits per heavy atom. The first kappa shape index (κ1) is 10.1. The van der Waals surface area contributed by atoms with Crippen molar-refractivity contribution < 1.29 is 5.11 Å². The minimum absolute atomic E-state index is 0.549. The van der Waals surface area contributed by atoms with E-state index in [2.05, 4.69) is 16.0 Å². The summed E-state index contributed by atoms with van der Waals surface area (Å²) in [6.45, 7) is 0. The van der Waals surface area contributed by atoms with Gasteiger partial charge >= 0.3 is 0 Å². The van der Waals surface area contributed by atoms with Crippen LogP contribution in [0.1, 0.15) is 37.5 Å². The van der Waals surface area contributed by atoms with Crippen molar-refractivity contribution in [3.63, 3.8) is 0 Å². The number of nitriles is 1. The van der Waals surface area contributed by atoms with Gasteiger partial charge in [-0.25, -0.2) is 9.97 Å². The summed E-state index contributed by atoms with van der Waals surface area (Å²) in [5.41, 5.74) is -0.0811. The minimum atomic E-state index is -0.784. The lowest BCUT2D eigenvalue weighted by atomic mass is 9.80. The fourth-order valence-corrected chi connectivity index (χ4v) is 2.20. The molecule has 4 heteroatoms. The number of hydrogen-bond acceptors (Lipinski definition) is 4. The number of rotatable bonds is 2. The summed E-state index contributed by atoms with van der Waals surface area (Å²) in [4.78, 5) is 7.80. The topological polar surface area (TPSA) is 69.8 Å². The molecule has 1 heterocycles. The van der Waals surface area contributed by atoms with Gasteiger partial charge in [0.25, 0.3) is 0 Å². The van der Waals surface area contributed by atoms with Crippen LogP contribution in [0.15, 0.2) is 18.6 Å². The largest absolute Gasteiger partial charge is 0.385 e. The van der Waals surface area contributed by atoms with Crippen LogP contribution in [0.3, 0.4) is 0 Å². The van der Waals surface area contributed by atoms with E-state index in [9.17, 15) is 10.4 Å². The van der Waals surface area contributed by atoms with Crippen molar-refractivity contribution >= 4 is 0 Å². The highest BCUT2D eigenvalue weighted by molar-refractivity contribution is 5.15. The van der Waals surface area contributed by atoms with Gasteiger partial charge in [-0.2, -0.15) is 5.26 Å². The predicted molar refractivity (Wildman–Crippen MR) is 53.5 cm³/mol. The Balaban J connectivity index is 2.27. The average Bonchev–Trinajstić information content (AvgIpc) is 2.79. The number of nitrogens with zero attached hydrogens (tertiary/aromatic N) is 3. The number of aliphatic hydroxyl groups is 1. The van der Waals surface area contributed by atoms with Crippen molar-refractivity contribution in [2.75, 3.05) is 0 Å². The second-order valence-corrected chi connectivity index (χ2v) is 4.01. The Bertz CT molecular complexity index is 365. The monoisotopic (exact) mass is 203 g/mol. The Labute approximate surface area is 88.6 Å². The third-order valence-corrected chi connectivity index (χ3v) is 3.13. The van der Waals surface area contributed by atoms with Crippen molar-refractivity contribution in [2.24, 2.45) is 5.41 Å². The molecule has 1 aromatic heterocycles. The Kier molecular flexibility index (Phi) is 2.65. The molecule has 0 aromatic carbocycles. The van der Waals surface area contributed by atoms with Crippen molar-refractivity contribution in [1.82, 2.24) is 9.97 Å². The highest BCUT2D eigenvalue weighted by Gasteiger charge is 2.42. The second kappa shape index (κ2) is 3.95. The van der Waals surface area contributed by atoms with Crippen molar-refractivity contribution in [3.8, 4) is 6.07 Å². The van der Waals surface area contributed by atoms with Gasteiger partial charge in [-0.1, -0.05) is 12.8 Å². The molecule has 0 bridgehead atoms. The first-order valence-electron chi connectivity index (χ1n) is 5.14. The summed E-state index contributed by atoms with van der Waals surface area (Å²) in [5.74, 6) is 0. The molecule has 78 valence electrons. The zero-order valence-electron chi connectivity index (χ0n) is 8.43. The van der Waals surface area contributed by atoms with E-state index in [1.807, 2.05) is 0 Å². The maximum atomic E-state index is 10.2. The Hall–Kier alpha value is -1.47.